The van der Waals surface area contributed by atoms with Gasteiger partial charge < -0.3 is 15.1 Å². The van der Waals surface area contributed by atoms with Gasteiger partial charge in [0.2, 0.25) is 11.8 Å². The molecule has 1 N–H and O–H groups in total. The average Bonchev–Trinajstić information content (AvgIpc) is 2.78. The number of nitrogens with one attached hydrogen (secondary N) is 1. The zero-order valence-electron chi connectivity index (χ0n) is 18.4. The van der Waals surface area contributed by atoms with Gasteiger partial charge in [-0.1, -0.05) is 23.7 Å². The molecule has 3 rings (SSSR count). The maximum atomic E-state index is 13.1. The molecule has 7 nitrogen and oxygen atoms in total. The van der Waals surface area contributed by atoms with Crippen LogP contribution in [0, 0.1) is 0 Å². The number of amides is 2. The minimum absolute atomic E-state index is 0.0251. The number of likely N-dealkylation sites (tertiary alicyclic amines) is 1. The molecule has 0 aliphatic carbocycles. The third kappa shape index (κ3) is 6.17. The second-order valence-electron chi connectivity index (χ2n) is 7.95. The van der Waals surface area contributed by atoms with Crippen molar-refractivity contribution < 1.29 is 9.59 Å². The number of benzene rings is 1. The quantitative estimate of drug-likeness (QED) is 0.703. The first-order valence-electron chi connectivity index (χ1n) is 10.7. The van der Waals surface area contributed by atoms with E-state index in [4.69, 9.17) is 16.6 Å². The molecule has 1 aromatic heterocycles. The Morgan fingerprint density at radius 1 is 1.23 bits per heavy atom. The van der Waals surface area contributed by atoms with Crippen LogP contribution in [0.4, 0.5) is 5.82 Å². The molecule has 0 radical (unpaired) electrons. The van der Waals surface area contributed by atoms with Gasteiger partial charge in [-0.2, -0.15) is 0 Å². The van der Waals surface area contributed by atoms with E-state index >= 15 is 0 Å². The number of carbonyl (C=O) groups excluding carboxylic acids is 2. The molecule has 1 saturated heterocycles. The lowest BCUT2D eigenvalue weighted by molar-refractivity contribution is -0.135. The number of hydrogen-bond donors (Lipinski definition) is 1. The SMILES string of the molecule is CNc1cc(CN(C)C(C)=O)nc([C@H]2CCCCN2C(=O)CCc2ccc(Cl)cc2)n1. The lowest BCUT2D eigenvalue weighted by atomic mass is 9.99. The number of nitrogens with zero attached hydrogens (tertiary/aromatic N) is 4. The first kappa shape index (κ1) is 23.0. The Balaban J connectivity index is 1.77. The van der Waals surface area contributed by atoms with E-state index in [0.29, 0.717) is 42.6 Å². The van der Waals surface area contributed by atoms with Crippen molar-refractivity contribution >= 4 is 29.2 Å². The molecule has 0 spiro atoms. The predicted octanol–water partition coefficient (Wildman–Crippen LogP) is 3.84. The molecule has 166 valence electrons. The topological polar surface area (TPSA) is 78.4 Å². The van der Waals surface area contributed by atoms with E-state index in [2.05, 4.69) is 10.3 Å². The summed E-state index contributed by atoms with van der Waals surface area (Å²) >= 11 is 5.95. The average molecular weight is 444 g/mol. The normalized spacial score (nSPS) is 16.1. The van der Waals surface area contributed by atoms with Gasteiger partial charge in [-0.15, -0.1) is 0 Å². The van der Waals surface area contributed by atoms with Crippen LogP contribution in [0.1, 0.15) is 55.7 Å². The number of carbonyl (C=O) groups is 2. The van der Waals surface area contributed by atoms with Crippen molar-refractivity contribution in [1.82, 2.24) is 19.8 Å². The molecule has 8 heteroatoms. The maximum absolute atomic E-state index is 13.1. The van der Waals surface area contributed by atoms with E-state index < -0.39 is 0 Å². The molecule has 1 atom stereocenters. The number of aryl methyl sites for hydroxylation is 1. The molecule has 2 heterocycles. The third-order valence-corrected chi connectivity index (χ3v) is 5.90. The molecule has 0 saturated carbocycles. The van der Waals surface area contributed by atoms with Gasteiger partial charge in [-0.05, 0) is 43.4 Å². The first-order chi connectivity index (χ1) is 14.9. The van der Waals surface area contributed by atoms with Crippen molar-refractivity contribution in [2.75, 3.05) is 26.0 Å². The van der Waals surface area contributed by atoms with Gasteiger partial charge in [0.05, 0.1) is 18.3 Å². The third-order valence-electron chi connectivity index (χ3n) is 5.65. The molecular weight excluding hydrogens is 414 g/mol. The van der Waals surface area contributed by atoms with E-state index in [1.54, 1.807) is 19.0 Å². The summed E-state index contributed by atoms with van der Waals surface area (Å²) in [5, 5.41) is 3.77. The Morgan fingerprint density at radius 2 is 1.97 bits per heavy atom. The van der Waals surface area contributed by atoms with Crippen molar-refractivity contribution in [2.45, 2.75) is 51.6 Å². The summed E-state index contributed by atoms with van der Waals surface area (Å²) in [6, 6.07) is 9.31. The molecule has 0 unspecified atom stereocenters. The van der Waals surface area contributed by atoms with Crippen LogP contribution in [-0.2, 0) is 22.6 Å². The van der Waals surface area contributed by atoms with Crippen LogP contribution < -0.4 is 5.32 Å². The monoisotopic (exact) mass is 443 g/mol. The van der Waals surface area contributed by atoms with Crippen LogP contribution in [0.25, 0.3) is 0 Å². The zero-order chi connectivity index (χ0) is 22.4. The highest BCUT2D eigenvalue weighted by molar-refractivity contribution is 6.30. The second-order valence-corrected chi connectivity index (χ2v) is 8.39. The first-order valence-corrected chi connectivity index (χ1v) is 11.1. The van der Waals surface area contributed by atoms with Gasteiger partial charge in [0.15, 0.2) is 5.82 Å². The van der Waals surface area contributed by atoms with Crippen LogP contribution in [0.15, 0.2) is 30.3 Å². The maximum Gasteiger partial charge on any atom is 0.223 e. The van der Waals surface area contributed by atoms with Crippen LogP contribution in [-0.4, -0.2) is 52.2 Å². The Bertz CT molecular complexity index is 919. The van der Waals surface area contributed by atoms with Crippen molar-refractivity contribution in [1.29, 1.82) is 0 Å². The lowest BCUT2D eigenvalue weighted by Gasteiger charge is -2.35. The Labute approximate surface area is 188 Å². The number of piperidine rings is 1. The Kier molecular flexibility index (Phi) is 7.85. The fraction of sp³-hybridized carbons (Fsp3) is 0.478. The minimum atomic E-state index is -0.152. The molecular formula is C23H30ClN5O2. The number of rotatable bonds is 7. The van der Waals surface area contributed by atoms with Gasteiger partial charge in [0, 0.05) is 45.1 Å². The van der Waals surface area contributed by atoms with Gasteiger partial charge in [0.1, 0.15) is 5.82 Å². The summed E-state index contributed by atoms with van der Waals surface area (Å²) in [5.41, 5.74) is 1.85. The number of aromatic nitrogens is 2. The summed E-state index contributed by atoms with van der Waals surface area (Å²) in [7, 11) is 3.55. The van der Waals surface area contributed by atoms with Crippen LogP contribution in [0.5, 0.6) is 0 Å². The lowest BCUT2D eigenvalue weighted by Crippen LogP contribution is -2.39. The summed E-state index contributed by atoms with van der Waals surface area (Å²) in [6.07, 6.45) is 3.95. The molecule has 1 fully saturated rings. The van der Waals surface area contributed by atoms with E-state index in [1.807, 2.05) is 35.2 Å². The van der Waals surface area contributed by atoms with Crippen molar-refractivity contribution in [2.24, 2.45) is 0 Å². The fourth-order valence-corrected chi connectivity index (χ4v) is 3.90. The van der Waals surface area contributed by atoms with Gasteiger partial charge in [-0.3, -0.25) is 9.59 Å². The Morgan fingerprint density at radius 3 is 2.65 bits per heavy atom. The highest BCUT2D eigenvalue weighted by Crippen LogP contribution is 2.30. The number of hydrogen-bond acceptors (Lipinski definition) is 5. The summed E-state index contributed by atoms with van der Waals surface area (Å²) in [5.74, 6) is 1.41. The molecule has 31 heavy (non-hydrogen) atoms. The van der Waals surface area contributed by atoms with Gasteiger partial charge >= 0.3 is 0 Å². The van der Waals surface area contributed by atoms with Crippen LogP contribution in [0.2, 0.25) is 5.02 Å². The summed E-state index contributed by atoms with van der Waals surface area (Å²) < 4.78 is 0. The highest BCUT2D eigenvalue weighted by Gasteiger charge is 2.30. The minimum Gasteiger partial charge on any atom is -0.373 e. The van der Waals surface area contributed by atoms with Crippen molar-refractivity contribution in [3.05, 3.63) is 52.4 Å². The molecule has 1 aliphatic heterocycles. The largest absolute Gasteiger partial charge is 0.373 e. The number of anilines is 1. The van der Waals surface area contributed by atoms with Crippen molar-refractivity contribution in [3.8, 4) is 0 Å². The van der Waals surface area contributed by atoms with Crippen LogP contribution in [0.3, 0.4) is 0 Å². The van der Waals surface area contributed by atoms with E-state index in [1.165, 1.54) is 6.92 Å². The summed E-state index contributed by atoms with van der Waals surface area (Å²) in [6.45, 7) is 2.64. The fourth-order valence-electron chi connectivity index (χ4n) is 3.77. The van der Waals surface area contributed by atoms with E-state index in [9.17, 15) is 9.59 Å². The standard InChI is InChI=1S/C23H30ClN5O2/c1-16(30)28(3)15-19-14-21(25-2)27-23(26-19)20-6-4-5-13-29(20)22(31)12-9-17-7-10-18(24)11-8-17/h7-8,10-11,14,20H,4-6,9,12-13,15H2,1-3H3,(H,25,26,27)/t20-/m1/s1. The van der Waals surface area contributed by atoms with E-state index in [0.717, 1.165) is 30.5 Å². The molecule has 2 aromatic rings. The van der Waals surface area contributed by atoms with Gasteiger partial charge in [0.25, 0.3) is 0 Å². The molecule has 1 aromatic carbocycles. The van der Waals surface area contributed by atoms with Crippen LogP contribution >= 0.6 is 11.6 Å². The van der Waals surface area contributed by atoms with E-state index in [-0.39, 0.29) is 17.9 Å². The molecule has 2 amide bonds. The predicted molar refractivity (Wildman–Crippen MR) is 122 cm³/mol. The van der Waals surface area contributed by atoms with Gasteiger partial charge in [-0.25, -0.2) is 9.97 Å². The number of halogens is 1. The van der Waals surface area contributed by atoms with Crippen molar-refractivity contribution in [3.63, 3.8) is 0 Å². The zero-order valence-corrected chi connectivity index (χ0v) is 19.2. The Hall–Kier alpha value is -2.67. The smallest absolute Gasteiger partial charge is 0.223 e. The molecule has 1 aliphatic rings. The molecule has 0 bridgehead atoms. The highest BCUT2D eigenvalue weighted by atomic mass is 35.5. The summed E-state index contributed by atoms with van der Waals surface area (Å²) in [4.78, 5) is 37.7. The second kappa shape index (κ2) is 10.6.